The number of pyridine rings is 1. The van der Waals surface area contributed by atoms with Crippen molar-refractivity contribution < 1.29 is 31.9 Å². The maximum Gasteiger partial charge on any atom is 0.425 e. The van der Waals surface area contributed by atoms with E-state index in [-0.39, 0.29) is 35.7 Å². The molecule has 37 heavy (non-hydrogen) atoms. The highest BCUT2D eigenvalue weighted by molar-refractivity contribution is 7.99. The second-order valence-corrected chi connectivity index (χ2v) is 11.3. The third-order valence-electron chi connectivity index (χ3n) is 7.66. The van der Waals surface area contributed by atoms with E-state index in [2.05, 4.69) is 10.3 Å². The molecule has 2 amide bonds. The molecular formula is C24H28F4N4O4S. The van der Waals surface area contributed by atoms with Crippen LogP contribution in [0.1, 0.15) is 62.2 Å². The number of Topliss-reactive ketones (excluding diaryl/α,β-unsaturated/α-hetero) is 1. The van der Waals surface area contributed by atoms with Crippen molar-refractivity contribution in [1.29, 1.82) is 0 Å². The normalized spacial score (nSPS) is 26.8. The molecule has 3 aliphatic rings. The Morgan fingerprint density at radius 3 is 2.41 bits per heavy atom. The van der Waals surface area contributed by atoms with Crippen LogP contribution in [0.4, 0.5) is 23.4 Å². The smallest absolute Gasteiger partial charge is 0.351 e. The molecule has 13 heteroatoms. The summed E-state index contributed by atoms with van der Waals surface area (Å²) < 4.78 is 53.4. The fraction of sp³-hybridized carbons (Fsp3) is 0.667. The summed E-state index contributed by atoms with van der Waals surface area (Å²) in [6.07, 6.45) is -0.817. The van der Waals surface area contributed by atoms with E-state index in [1.165, 1.54) is 0 Å². The summed E-state index contributed by atoms with van der Waals surface area (Å²) in [7, 11) is 0. The number of rotatable bonds is 6. The average Bonchev–Trinajstić information content (AvgIpc) is 2.87. The average molecular weight is 545 g/mol. The van der Waals surface area contributed by atoms with Crippen LogP contribution < -0.4 is 10.2 Å². The molecule has 1 aromatic rings. The molecule has 2 aliphatic heterocycles. The van der Waals surface area contributed by atoms with Gasteiger partial charge in [-0.15, -0.1) is 4.91 Å². The van der Waals surface area contributed by atoms with E-state index in [1.54, 1.807) is 16.7 Å². The van der Waals surface area contributed by atoms with Crippen LogP contribution in [0.5, 0.6) is 0 Å². The van der Waals surface area contributed by atoms with E-state index in [0.717, 1.165) is 36.6 Å². The van der Waals surface area contributed by atoms with Crippen molar-refractivity contribution in [3.63, 3.8) is 0 Å². The number of ketones is 1. The molecule has 4 rings (SSSR count). The summed E-state index contributed by atoms with van der Waals surface area (Å²) in [5, 5.41) is 4.32. The third-order valence-corrected chi connectivity index (χ3v) is 8.71. The molecular weight excluding hydrogens is 516 g/mol. The van der Waals surface area contributed by atoms with Gasteiger partial charge in [0, 0.05) is 12.1 Å². The lowest BCUT2D eigenvalue weighted by atomic mass is 9.77. The van der Waals surface area contributed by atoms with E-state index in [0.29, 0.717) is 32.6 Å². The lowest BCUT2D eigenvalue weighted by molar-refractivity contribution is -0.187. The van der Waals surface area contributed by atoms with E-state index in [9.17, 15) is 36.9 Å². The lowest BCUT2D eigenvalue weighted by Gasteiger charge is -2.40. The van der Waals surface area contributed by atoms with Crippen molar-refractivity contribution in [3.05, 3.63) is 28.6 Å². The van der Waals surface area contributed by atoms with Gasteiger partial charge in [0.15, 0.2) is 5.78 Å². The molecule has 0 radical (unpaired) electrons. The molecule has 202 valence electrons. The van der Waals surface area contributed by atoms with Gasteiger partial charge in [0.1, 0.15) is 17.6 Å². The number of hydrogen-bond donors (Lipinski definition) is 1. The highest BCUT2D eigenvalue weighted by Crippen LogP contribution is 2.39. The van der Waals surface area contributed by atoms with Crippen LogP contribution in [-0.4, -0.2) is 57.9 Å². The van der Waals surface area contributed by atoms with Crippen LogP contribution in [0.25, 0.3) is 0 Å². The van der Waals surface area contributed by atoms with Gasteiger partial charge in [0.2, 0.25) is 5.91 Å². The number of anilines is 1. The first-order chi connectivity index (χ1) is 17.5. The zero-order chi connectivity index (χ0) is 27.0. The van der Waals surface area contributed by atoms with Crippen molar-refractivity contribution in [2.45, 2.75) is 75.7 Å². The minimum absolute atomic E-state index is 0.0870. The van der Waals surface area contributed by atoms with Gasteiger partial charge in [0.05, 0.1) is 11.8 Å². The van der Waals surface area contributed by atoms with Crippen LogP contribution in [0.15, 0.2) is 17.4 Å². The predicted molar refractivity (Wildman–Crippen MR) is 129 cm³/mol. The number of nitrogens with one attached hydrogen (secondary N) is 1. The Hall–Kier alpha value is -2.57. The quantitative estimate of drug-likeness (QED) is 0.323. The SMILES string of the molecule is C[C@@](N=O)(C(=O)NC1CCC(CC2C(=O)c3cc(F)cnc3N(C3CCSCC3)C2=O)CC1)C(F)(F)F. The number of carbonyl (C=O) groups is 3. The van der Waals surface area contributed by atoms with Crippen LogP contribution in [0, 0.1) is 22.6 Å². The van der Waals surface area contributed by atoms with Gasteiger partial charge in [-0.1, -0.05) is 0 Å². The van der Waals surface area contributed by atoms with Crippen LogP contribution in [0.3, 0.4) is 0 Å². The zero-order valence-corrected chi connectivity index (χ0v) is 21.0. The summed E-state index contributed by atoms with van der Waals surface area (Å²) in [6, 6.07) is 0.418. The van der Waals surface area contributed by atoms with Gasteiger partial charge in [-0.25, -0.2) is 9.37 Å². The number of carbonyl (C=O) groups excluding carboxylic acids is 3. The fourth-order valence-electron chi connectivity index (χ4n) is 5.31. The third kappa shape index (κ3) is 5.37. The minimum atomic E-state index is -5.12. The fourth-order valence-corrected chi connectivity index (χ4v) is 6.39. The number of amides is 2. The molecule has 1 aliphatic carbocycles. The largest absolute Gasteiger partial charge is 0.425 e. The Balaban J connectivity index is 1.44. The van der Waals surface area contributed by atoms with Crippen LogP contribution in [0.2, 0.25) is 0 Å². The molecule has 0 bridgehead atoms. The molecule has 1 unspecified atom stereocenters. The number of thioether (sulfide) groups is 1. The number of halogens is 4. The molecule has 1 N–H and O–H groups in total. The molecule has 0 spiro atoms. The number of alkyl halides is 3. The molecule has 1 saturated heterocycles. The van der Waals surface area contributed by atoms with Gasteiger partial charge >= 0.3 is 6.18 Å². The zero-order valence-electron chi connectivity index (χ0n) is 20.2. The van der Waals surface area contributed by atoms with E-state index >= 15 is 0 Å². The highest BCUT2D eigenvalue weighted by Gasteiger charge is 2.59. The summed E-state index contributed by atoms with van der Waals surface area (Å²) in [5.74, 6) is -2.12. The Kier molecular flexibility index (Phi) is 7.91. The lowest BCUT2D eigenvalue weighted by Crippen LogP contribution is -2.56. The van der Waals surface area contributed by atoms with E-state index < -0.39 is 41.2 Å². The Morgan fingerprint density at radius 2 is 1.81 bits per heavy atom. The van der Waals surface area contributed by atoms with Crippen LogP contribution in [-0.2, 0) is 9.59 Å². The first-order valence-corrected chi connectivity index (χ1v) is 13.4. The topological polar surface area (TPSA) is 109 Å². The predicted octanol–water partition coefficient (Wildman–Crippen LogP) is 4.41. The van der Waals surface area contributed by atoms with Gasteiger partial charge in [0.25, 0.3) is 11.4 Å². The maximum atomic E-state index is 14.0. The maximum absolute atomic E-state index is 14.0. The molecule has 3 heterocycles. The Morgan fingerprint density at radius 1 is 1.16 bits per heavy atom. The van der Waals surface area contributed by atoms with Crippen LogP contribution >= 0.6 is 11.8 Å². The molecule has 2 fully saturated rings. The van der Waals surface area contributed by atoms with Crippen molar-refractivity contribution in [1.82, 2.24) is 10.3 Å². The van der Waals surface area contributed by atoms with Gasteiger partial charge in [-0.2, -0.15) is 24.9 Å². The van der Waals surface area contributed by atoms with Gasteiger partial charge < -0.3 is 5.32 Å². The summed E-state index contributed by atoms with van der Waals surface area (Å²) >= 11 is 1.79. The molecule has 8 nitrogen and oxygen atoms in total. The van der Waals surface area contributed by atoms with Gasteiger partial charge in [-0.05, 0) is 80.5 Å². The summed E-state index contributed by atoms with van der Waals surface area (Å²) in [5.41, 5.74) is -3.28. The Labute approximate surface area is 215 Å². The molecule has 1 saturated carbocycles. The standard InChI is InChI=1S/C24H28F4N4O4S/c1-23(31-36,24(26,27)28)22(35)30-15-4-2-13(3-5-15)10-18-19(33)17-11-14(25)12-29-20(17)32(21(18)34)16-6-8-37-9-7-16/h11-13,15-16,18H,2-10H2,1H3,(H,30,35)/t13?,15?,18?,23-/m1/s1. The van der Waals surface area contributed by atoms with Crippen molar-refractivity contribution in [2.75, 3.05) is 16.4 Å². The van der Waals surface area contributed by atoms with E-state index in [1.807, 2.05) is 5.18 Å². The minimum Gasteiger partial charge on any atom is -0.351 e. The first-order valence-electron chi connectivity index (χ1n) is 12.3. The number of hydrogen-bond acceptors (Lipinski definition) is 7. The van der Waals surface area contributed by atoms with Crippen molar-refractivity contribution in [2.24, 2.45) is 17.0 Å². The number of nitroso groups, excluding NO2 is 1. The number of fused-ring (bicyclic) bond motifs is 1. The first kappa shape index (κ1) is 27.5. The number of nitrogens with zero attached hydrogens (tertiary/aromatic N) is 3. The monoisotopic (exact) mass is 544 g/mol. The summed E-state index contributed by atoms with van der Waals surface area (Å²) in [6.45, 7) is 0.438. The summed E-state index contributed by atoms with van der Waals surface area (Å²) in [4.78, 5) is 55.5. The highest BCUT2D eigenvalue weighted by atomic mass is 32.2. The second-order valence-electron chi connectivity index (χ2n) is 10.1. The van der Waals surface area contributed by atoms with Crippen molar-refractivity contribution >= 4 is 35.2 Å². The second kappa shape index (κ2) is 10.7. The Bertz CT molecular complexity index is 1070. The molecule has 2 atom stereocenters. The van der Waals surface area contributed by atoms with Gasteiger partial charge in [-0.3, -0.25) is 19.3 Å². The number of aromatic nitrogens is 1. The molecule has 1 aromatic heterocycles. The molecule has 0 aromatic carbocycles. The van der Waals surface area contributed by atoms with Crippen molar-refractivity contribution in [3.8, 4) is 0 Å². The van der Waals surface area contributed by atoms with E-state index in [4.69, 9.17) is 0 Å².